The molecule has 0 fully saturated rings. The van der Waals surface area contributed by atoms with Crippen molar-refractivity contribution < 1.29 is 30.0 Å². The zero-order valence-electron chi connectivity index (χ0n) is 35.9. The maximum atomic E-state index is 12.2. The molecule has 0 saturated carbocycles. The van der Waals surface area contributed by atoms with Gasteiger partial charge in [0.15, 0.2) is 5.78 Å². The predicted octanol–water partition coefficient (Wildman–Crippen LogP) is 15.6. The van der Waals surface area contributed by atoms with E-state index in [4.69, 9.17) is 4.98 Å². The van der Waals surface area contributed by atoms with Crippen LogP contribution in [0.25, 0.3) is 52.0 Å². The Bertz CT molecular complexity index is 2340. The van der Waals surface area contributed by atoms with E-state index in [-0.39, 0.29) is 47.9 Å². The van der Waals surface area contributed by atoms with Crippen LogP contribution in [0.1, 0.15) is 124 Å². The maximum absolute atomic E-state index is 12.2. The van der Waals surface area contributed by atoms with Gasteiger partial charge in [0, 0.05) is 68.1 Å². The molecule has 0 aliphatic heterocycles. The molecule has 3 heterocycles. The molecular weight excluding hydrogens is 903 g/mol. The van der Waals surface area contributed by atoms with Crippen molar-refractivity contribution in [1.29, 1.82) is 0 Å². The fourth-order valence-corrected chi connectivity index (χ4v) is 10.1. The number of aromatic nitrogens is 1. The quantitative estimate of drug-likeness (QED) is 0.0800. The van der Waals surface area contributed by atoms with E-state index in [9.17, 15) is 9.90 Å². The summed E-state index contributed by atoms with van der Waals surface area (Å²) < 4.78 is 2.65. The van der Waals surface area contributed by atoms with Gasteiger partial charge in [-0.25, -0.2) is 0 Å². The summed E-state index contributed by atoms with van der Waals surface area (Å²) in [5.74, 6) is 0.947. The van der Waals surface area contributed by atoms with Gasteiger partial charge in [0.2, 0.25) is 0 Å². The summed E-state index contributed by atoms with van der Waals surface area (Å²) in [5, 5.41) is 15.2. The molecule has 56 heavy (non-hydrogen) atoms. The van der Waals surface area contributed by atoms with Gasteiger partial charge in [0.25, 0.3) is 0 Å². The number of hydrogen-bond donors (Lipinski definition) is 1. The van der Waals surface area contributed by atoms with Gasteiger partial charge in [-0.15, -0.1) is 51.8 Å². The van der Waals surface area contributed by atoms with Crippen LogP contribution < -0.4 is 0 Å². The third-order valence-electron chi connectivity index (χ3n) is 12.1. The molecule has 6 rings (SSSR count). The van der Waals surface area contributed by atoms with E-state index in [0.717, 1.165) is 48.7 Å². The van der Waals surface area contributed by atoms with Gasteiger partial charge in [0.05, 0.1) is 0 Å². The number of allylic oxidation sites excluding steroid dienone is 2. The number of carbonyl (C=O) groups is 1. The van der Waals surface area contributed by atoms with Crippen molar-refractivity contribution in [1.82, 2.24) is 4.98 Å². The molecular formula is C50H62IrNO2S2-. The molecule has 6 aromatic rings. The molecule has 0 aliphatic rings. The molecule has 1 radical (unpaired) electrons. The Balaban J connectivity index is 0.000000330. The molecule has 6 heteroatoms. The average Bonchev–Trinajstić information content (AvgIpc) is 3.67. The number of aliphatic hydroxyl groups is 1. The van der Waals surface area contributed by atoms with Gasteiger partial charge in [-0.05, 0) is 96.9 Å². The average molecular weight is 965 g/mol. The van der Waals surface area contributed by atoms with Crippen molar-refractivity contribution in [2.75, 3.05) is 0 Å². The van der Waals surface area contributed by atoms with Crippen molar-refractivity contribution in [2.24, 2.45) is 16.7 Å². The Hall–Kier alpha value is -3.15. The van der Waals surface area contributed by atoms with Crippen LogP contribution in [-0.4, -0.2) is 15.9 Å². The van der Waals surface area contributed by atoms with E-state index >= 15 is 0 Å². The van der Waals surface area contributed by atoms with Crippen LogP contribution in [-0.2, 0) is 36.7 Å². The molecule has 3 aromatic carbocycles. The van der Waals surface area contributed by atoms with Crippen LogP contribution in [0, 0.1) is 36.7 Å². The van der Waals surface area contributed by atoms with Crippen molar-refractivity contribution in [3.63, 3.8) is 0 Å². The first kappa shape index (κ1) is 45.6. The zero-order valence-corrected chi connectivity index (χ0v) is 39.9. The van der Waals surface area contributed by atoms with Gasteiger partial charge in [-0.3, -0.25) is 9.78 Å². The van der Waals surface area contributed by atoms with E-state index in [1.54, 1.807) is 0 Å². The van der Waals surface area contributed by atoms with Crippen molar-refractivity contribution in [3.05, 3.63) is 101 Å². The number of fused-ring (bicyclic) bond motifs is 3. The van der Waals surface area contributed by atoms with Crippen LogP contribution in [0.3, 0.4) is 0 Å². The van der Waals surface area contributed by atoms with Crippen LogP contribution in [0.5, 0.6) is 0 Å². The summed E-state index contributed by atoms with van der Waals surface area (Å²) >= 11 is 3.83. The van der Waals surface area contributed by atoms with E-state index in [0.29, 0.717) is 5.92 Å². The third-order valence-corrected chi connectivity index (χ3v) is 14.9. The second kappa shape index (κ2) is 18.2. The number of benzene rings is 3. The van der Waals surface area contributed by atoms with E-state index in [1.807, 2.05) is 70.4 Å². The molecule has 0 unspecified atom stereocenters. The number of rotatable bonds is 11. The van der Waals surface area contributed by atoms with Crippen LogP contribution in [0.2, 0.25) is 0 Å². The van der Waals surface area contributed by atoms with Crippen molar-refractivity contribution >= 4 is 59.4 Å². The summed E-state index contributed by atoms with van der Waals surface area (Å²) in [6, 6.07) is 23.9. The van der Waals surface area contributed by atoms with Crippen molar-refractivity contribution in [3.8, 4) is 21.0 Å². The van der Waals surface area contributed by atoms with Crippen molar-refractivity contribution in [2.45, 2.75) is 128 Å². The van der Waals surface area contributed by atoms with E-state index in [1.165, 1.54) is 63.6 Å². The summed E-state index contributed by atoms with van der Waals surface area (Å²) in [7, 11) is 0. The molecule has 3 nitrogen and oxygen atoms in total. The molecule has 0 aliphatic carbocycles. The first-order chi connectivity index (χ1) is 25.9. The Morgan fingerprint density at radius 3 is 2.02 bits per heavy atom. The number of aliphatic hydroxyl groups excluding tert-OH is 1. The van der Waals surface area contributed by atoms with Crippen LogP contribution >= 0.6 is 22.7 Å². The van der Waals surface area contributed by atoms with E-state index < -0.39 is 0 Å². The van der Waals surface area contributed by atoms with Gasteiger partial charge in [0.1, 0.15) is 5.76 Å². The van der Waals surface area contributed by atoms with Crippen LogP contribution in [0.4, 0.5) is 0 Å². The Kier molecular flexibility index (Phi) is 14.8. The zero-order chi connectivity index (χ0) is 40.5. The molecule has 1 N–H and O–H groups in total. The second-order valence-corrected chi connectivity index (χ2v) is 19.5. The third kappa shape index (κ3) is 9.25. The monoisotopic (exact) mass is 965 g/mol. The summed E-state index contributed by atoms with van der Waals surface area (Å²) in [6.07, 6.45) is 7.85. The fraction of sp³-hybridized carbons (Fsp3) is 0.440. The van der Waals surface area contributed by atoms with Crippen LogP contribution in [0.15, 0.2) is 72.6 Å². The Morgan fingerprint density at radius 2 is 1.41 bits per heavy atom. The van der Waals surface area contributed by atoms with Gasteiger partial charge in [-0.2, -0.15) is 0 Å². The number of aryl methyl sites for hydroxylation is 2. The minimum Gasteiger partial charge on any atom is -0.512 e. The maximum Gasteiger partial charge on any atom is 0.164 e. The Labute approximate surface area is 358 Å². The normalized spacial score (nSPS) is 12.6. The molecule has 0 saturated heterocycles. The minimum atomic E-state index is -0.337. The first-order valence-corrected chi connectivity index (χ1v) is 21.9. The number of carbonyl (C=O) groups excluding carboxylic acids is 1. The number of ketones is 1. The molecule has 0 spiro atoms. The van der Waals surface area contributed by atoms with Gasteiger partial charge in [-0.1, -0.05) is 117 Å². The first-order valence-electron chi connectivity index (χ1n) is 20.2. The van der Waals surface area contributed by atoms with Gasteiger partial charge >= 0.3 is 0 Å². The Morgan fingerprint density at radius 1 is 0.804 bits per heavy atom. The number of nitrogens with zero attached hydrogens (tertiary/aromatic N) is 1. The van der Waals surface area contributed by atoms with Gasteiger partial charge < -0.3 is 5.11 Å². The summed E-state index contributed by atoms with van der Waals surface area (Å²) in [5.41, 5.74) is 7.05. The number of pyridine rings is 1. The minimum absolute atomic E-state index is 0. The predicted molar refractivity (Wildman–Crippen MR) is 242 cm³/mol. The molecule has 0 atom stereocenters. The standard InChI is InChI=1S/C35H34NS2.C15H28O2.Ir/c1-20(2)16-23-12-13-26-21(3)32(37-30(26)17-23)33-22(4)27-14-15-36-31(34(27)38-33)25-18-24-10-8-9-11-28(24)29(19-25)35(5,6)7;1-7-14(5,8-2)12(16)11-13(17)15(6,9-3)10-4;/h8-15,17,19-20H,16H2,1-7H3;11,16H,7-10H2,1-6H3;/q-1;;/b;12-11-;. The fourth-order valence-electron chi connectivity index (χ4n) is 7.30. The topological polar surface area (TPSA) is 50.2 Å². The molecule has 0 amide bonds. The molecule has 0 bridgehead atoms. The number of hydrogen-bond acceptors (Lipinski definition) is 5. The largest absolute Gasteiger partial charge is 0.512 e. The molecule has 3 aromatic heterocycles. The summed E-state index contributed by atoms with van der Waals surface area (Å²) in [4.78, 5) is 19.9. The summed E-state index contributed by atoms with van der Waals surface area (Å²) in [6.45, 7) is 28.1. The smallest absolute Gasteiger partial charge is 0.164 e. The second-order valence-electron chi connectivity index (χ2n) is 17.4. The SMILES string of the molecule is CCC(C)(CC)C(=O)/C=C(\O)C(C)(CC)CC.Cc1c(-c2sc3c(-c4[c-]c5ccccc5c(C(C)(C)C)c4)nccc3c2C)sc2cc(CC(C)C)ccc12.[Ir]. The number of thiophene rings is 2. The van der Waals surface area contributed by atoms with E-state index in [2.05, 4.69) is 109 Å². The molecule has 301 valence electrons.